The van der Waals surface area contributed by atoms with Crippen molar-refractivity contribution in [3.8, 4) is 5.75 Å². The highest BCUT2D eigenvalue weighted by Gasteiger charge is 2.36. The number of benzene rings is 2. The molecule has 276 valence electrons. The molecule has 4 amide bonds. The monoisotopic (exact) mass is 832 g/mol. The molecular weight excluding hydrogens is 788 g/mol. The summed E-state index contributed by atoms with van der Waals surface area (Å²) < 4.78 is 6.96. The van der Waals surface area contributed by atoms with Gasteiger partial charge >= 0.3 is 18.1 Å². The van der Waals surface area contributed by atoms with Crippen molar-refractivity contribution in [3.63, 3.8) is 0 Å². The van der Waals surface area contributed by atoms with Crippen LogP contribution in [0.15, 0.2) is 45.3 Å². The summed E-state index contributed by atoms with van der Waals surface area (Å²) >= 11 is 6.75. The van der Waals surface area contributed by atoms with E-state index in [1.807, 2.05) is 29.2 Å². The van der Waals surface area contributed by atoms with Crippen LogP contribution in [0.5, 0.6) is 5.75 Å². The number of amides is 4. The van der Waals surface area contributed by atoms with Crippen molar-refractivity contribution in [1.82, 2.24) is 24.5 Å². The lowest BCUT2D eigenvalue weighted by atomic mass is 10.0. The molecule has 13 nitrogen and oxygen atoms in total. The first kappa shape index (κ1) is 37.4. The Labute approximate surface area is 315 Å². The number of nitrogens with one attached hydrogen (secondary N) is 1. The predicted octanol–water partition coefficient (Wildman–Crippen LogP) is 4.60. The Kier molecular flexibility index (Phi) is 12.4. The van der Waals surface area contributed by atoms with Crippen LogP contribution < -0.4 is 5.32 Å². The largest absolute Gasteiger partial charge is 0.506 e. The number of ether oxygens (including phenoxy) is 1. The number of aromatic hydroxyl groups is 1. The van der Waals surface area contributed by atoms with Crippen LogP contribution >= 0.6 is 31.9 Å². The van der Waals surface area contributed by atoms with Crippen molar-refractivity contribution in [2.24, 2.45) is 0 Å². The van der Waals surface area contributed by atoms with E-state index < -0.39 is 18.2 Å². The number of hydrogen-bond acceptors (Lipinski definition) is 8. The standard InChI is InChI=1S/C36H46Br2N6O7/c37-28-21-24(22-29(38)33(28)47)23-31(34(48)42-19-17-41(18-20-42)26-6-11-40(12-7-26)13-10-32(45)46)51-36(50)43-14-8-27(9-15-43)44-16-5-25-3-1-2-4-30(25)39-35(44)49/h1-4,21-22,26-27,31,47H,5-20,23H2,(H,39,49)(H,45,46)/t31-/m1/s1. The van der Waals surface area contributed by atoms with Crippen LogP contribution in [0.2, 0.25) is 0 Å². The molecule has 4 heterocycles. The molecule has 4 aliphatic rings. The van der Waals surface area contributed by atoms with E-state index in [9.17, 15) is 24.3 Å². The Morgan fingerprint density at radius 1 is 0.863 bits per heavy atom. The number of phenolic OH excluding ortho intramolecular Hbond substituents is 1. The van der Waals surface area contributed by atoms with Crippen molar-refractivity contribution in [3.05, 3.63) is 56.5 Å². The number of fused-ring (bicyclic) bond motifs is 1. The number of likely N-dealkylation sites (tertiary alicyclic amines) is 2. The topological polar surface area (TPSA) is 146 Å². The molecule has 0 bridgehead atoms. The molecule has 15 heteroatoms. The van der Waals surface area contributed by atoms with Gasteiger partial charge in [-0.25, -0.2) is 9.59 Å². The van der Waals surface area contributed by atoms with E-state index >= 15 is 0 Å². The molecular formula is C36H46Br2N6O7. The van der Waals surface area contributed by atoms with E-state index in [1.54, 1.807) is 21.9 Å². The number of aliphatic carboxylic acids is 1. The van der Waals surface area contributed by atoms with Gasteiger partial charge in [-0.1, -0.05) is 18.2 Å². The maximum Gasteiger partial charge on any atom is 0.410 e. The van der Waals surface area contributed by atoms with Gasteiger partial charge in [0.25, 0.3) is 5.91 Å². The summed E-state index contributed by atoms with van der Waals surface area (Å²) in [5.41, 5.74) is 2.67. The minimum atomic E-state index is -1.06. The number of phenols is 1. The minimum Gasteiger partial charge on any atom is -0.506 e. The summed E-state index contributed by atoms with van der Waals surface area (Å²) in [5, 5.41) is 22.3. The number of para-hydroxylation sites is 1. The highest BCUT2D eigenvalue weighted by Crippen LogP contribution is 2.34. The maximum absolute atomic E-state index is 14.1. The second-order valence-electron chi connectivity index (χ2n) is 13.8. The van der Waals surface area contributed by atoms with Crippen LogP contribution in [-0.4, -0.2) is 142 Å². The number of anilines is 1. The van der Waals surface area contributed by atoms with E-state index in [0.717, 1.165) is 49.2 Å². The van der Waals surface area contributed by atoms with Crippen molar-refractivity contribution < 1.29 is 34.1 Å². The lowest BCUT2D eigenvalue weighted by Gasteiger charge is -2.43. The summed E-state index contributed by atoms with van der Waals surface area (Å²) in [6.07, 6.45) is 2.58. The highest BCUT2D eigenvalue weighted by molar-refractivity contribution is 9.11. The smallest absolute Gasteiger partial charge is 0.410 e. The number of halogens is 2. The summed E-state index contributed by atoms with van der Waals surface area (Å²) in [5.74, 6) is -0.975. The summed E-state index contributed by atoms with van der Waals surface area (Å²) in [6, 6.07) is 11.5. The van der Waals surface area contributed by atoms with Crippen LogP contribution in [0.25, 0.3) is 0 Å². The van der Waals surface area contributed by atoms with Gasteiger partial charge in [0, 0.05) is 76.5 Å². The second-order valence-corrected chi connectivity index (χ2v) is 15.5. The molecule has 0 aromatic heterocycles. The van der Waals surface area contributed by atoms with Gasteiger partial charge in [0.05, 0.1) is 15.4 Å². The van der Waals surface area contributed by atoms with Gasteiger partial charge in [0.15, 0.2) is 6.10 Å². The third kappa shape index (κ3) is 9.34. The SMILES string of the molecule is O=C(O)CCN1CCC(N2CCN(C(=O)[C@@H](Cc3cc(Br)c(O)c(Br)c3)OC(=O)N3CCC(N4CCc5ccccc5NC4=O)CC3)CC2)CC1. The number of hydrogen-bond donors (Lipinski definition) is 3. The summed E-state index contributed by atoms with van der Waals surface area (Å²) in [4.78, 5) is 61.7. The zero-order valence-corrected chi connectivity index (χ0v) is 31.8. The van der Waals surface area contributed by atoms with Crippen molar-refractivity contribution in [2.45, 2.75) is 63.1 Å². The minimum absolute atomic E-state index is 0.0132. The molecule has 0 spiro atoms. The molecule has 2 aromatic rings. The van der Waals surface area contributed by atoms with Gasteiger partial charge < -0.3 is 39.9 Å². The molecule has 4 aliphatic heterocycles. The number of piperazine rings is 1. The Morgan fingerprint density at radius 3 is 2.18 bits per heavy atom. The summed E-state index contributed by atoms with van der Waals surface area (Å²) in [6.45, 7) is 6.18. The lowest BCUT2D eigenvalue weighted by Crippen LogP contribution is -2.56. The number of carbonyl (C=O) groups excluding carboxylic acids is 3. The van der Waals surface area contributed by atoms with Gasteiger partial charge in [-0.3, -0.25) is 14.5 Å². The average Bonchev–Trinajstić information content (AvgIpc) is 3.30. The zero-order chi connectivity index (χ0) is 36.1. The molecule has 2 aromatic carbocycles. The Balaban J connectivity index is 1.05. The number of rotatable bonds is 9. The molecule has 0 aliphatic carbocycles. The Hall–Kier alpha value is -3.40. The number of piperidine rings is 2. The van der Waals surface area contributed by atoms with Gasteiger partial charge in [0.1, 0.15) is 5.75 Å². The number of carboxylic acid groups (broad SMARTS) is 1. The van der Waals surface area contributed by atoms with Gasteiger partial charge in [-0.2, -0.15) is 0 Å². The fraction of sp³-hybridized carbons (Fsp3) is 0.556. The molecule has 1 atom stereocenters. The van der Waals surface area contributed by atoms with Crippen LogP contribution in [0.3, 0.4) is 0 Å². The second kappa shape index (κ2) is 17.0. The number of nitrogens with zero attached hydrogens (tertiary/aromatic N) is 5. The maximum atomic E-state index is 14.1. The third-order valence-corrected chi connectivity index (χ3v) is 11.9. The quantitative estimate of drug-likeness (QED) is 0.330. The zero-order valence-electron chi connectivity index (χ0n) is 28.6. The third-order valence-electron chi connectivity index (χ3n) is 10.7. The first-order chi connectivity index (χ1) is 24.5. The molecule has 3 N–H and O–H groups in total. The van der Waals surface area contributed by atoms with E-state index in [0.29, 0.717) is 80.2 Å². The van der Waals surface area contributed by atoms with E-state index in [2.05, 4.69) is 47.0 Å². The molecule has 0 radical (unpaired) electrons. The van der Waals surface area contributed by atoms with Crippen molar-refractivity contribution >= 4 is 61.5 Å². The van der Waals surface area contributed by atoms with Crippen molar-refractivity contribution in [1.29, 1.82) is 0 Å². The normalized spacial score (nSPS) is 20.4. The van der Waals surface area contributed by atoms with Crippen LogP contribution in [0, 0.1) is 0 Å². The van der Waals surface area contributed by atoms with E-state index in [1.165, 1.54) is 0 Å². The van der Waals surface area contributed by atoms with Crippen LogP contribution in [0.1, 0.15) is 43.2 Å². The first-order valence-electron chi connectivity index (χ1n) is 17.8. The van der Waals surface area contributed by atoms with Crippen molar-refractivity contribution in [2.75, 3.05) is 70.8 Å². The molecule has 3 fully saturated rings. The fourth-order valence-corrected chi connectivity index (χ4v) is 8.98. The van der Waals surface area contributed by atoms with Crippen LogP contribution in [0.4, 0.5) is 15.3 Å². The average molecular weight is 835 g/mol. The molecule has 51 heavy (non-hydrogen) atoms. The van der Waals surface area contributed by atoms with E-state index in [-0.39, 0.29) is 36.6 Å². The van der Waals surface area contributed by atoms with Gasteiger partial charge in [-0.05, 0) is 106 Å². The fourth-order valence-electron chi connectivity index (χ4n) is 7.70. The lowest BCUT2D eigenvalue weighted by molar-refractivity contribution is -0.143. The Morgan fingerprint density at radius 2 is 1.51 bits per heavy atom. The highest BCUT2D eigenvalue weighted by atomic mass is 79.9. The Bertz CT molecular complexity index is 1570. The van der Waals surface area contributed by atoms with Gasteiger partial charge in [-0.15, -0.1) is 0 Å². The van der Waals surface area contributed by atoms with Crippen LogP contribution in [-0.2, 0) is 27.2 Å². The first-order valence-corrected chi connectivity index (χ1v) is 19.4. The number of carboxylic acids is 1. The number of carbonyl (C=O) groups is 4. The molecule has 6 rings (SSSR count). The van der Waals surface area contributed by atoms with Gasteiger partial charge in [0.2, 0.25) is 0 Å². The number of urea groups is 1. The molecule has 0 unspecified atom stereocenters. The molecule has 0 saturated carbocycles. The predicted molar refractivity (Wildman–Crippen MR) is 198 cm³/mol. The van der Waals surface area contributed by atoms with E-state index in [4.69, 9.17) is 9.84 Å². The molecule has 3 saturated heterocycles. The summed E-state index contributed by atoms with van der Waals surface area (Å²) in [7, 11) is 0.